The van der Waals surface area contributed by atoms with Crippen LogP contribution in [-0.2, 0) is 28.6 Å². The van der Waals surface area contributed by atoms with E-state index < -0.39 is 0 Å². The fraction of sp³-hybridized carbons (Fsp3) is 0.959. The molecule has 0 atom stereocenters. The van der Waals surface area contributed by atoms with E-state index in [-0.39, 0.29) is 30.8 Å². The quantitative estimate of drug-likeness (QED) is 0.0515. The van der Waals surface area contributed by atoms with Crippen LogP contribution in [0.2, 0.25) is 0 Å². The molecule has 0 saturated carbocycles. The van der Waals surface area contributed by atoms with Gasteiger partial charge in [0, 0.05) is 59.3 Å². The number of ether oxygens (including phenoxy) is 3. The van der Waals surface area contributed by atoms with E-state index in [0.29, 0.717) is 39.4 Å². The average molecular weight is 1190 g/mol. The van der Waals surface area contributed by atoms with Crippen LogP contribution in [0, 0.1) is 0 Å². The number of unbranched alkanes of at least 4 members (excludes halogenated alkanes) is 46. The van der Waals surface area contributed by atoms with Gasteiger partial charge in [-0.15, -0.1) is 0 Å². The lowest BCUT2D eigenvalue weighted by Crippen LogP contribution is -2.41. The van der Waals surface area contributed by atoms with Crippen molar-refractivity contribution in [2.24, 2.45) is 0 Å². The van der Waals surface area contributed by atoms with E-state index in [9.17, 15) is 14.4 Å². The molecule has 0 aliphatic rings. The summed E-state index contributed by atoms with van der Waals surface area (Å²) >= 11 is 0. The minimum Gasteiger partial charge on any atom is -0.381 e. The van der Waals surface area contributed by atoms with Crippen molar-refractivity contribution in [1.29, 1.82) is 0 Å². The Morgan fingerprint density at radius 1 is 0.238 bits per heavy atom. The summed E-state index contributed by atoms with van der Waals surface area (Å²) in [6, 6.07) is 0. The second-order valence-electron chi connectivity index (χ2n) is 25.6. The first kappa shape index (κ1) is 84.3. The van der Waals surface area contributed by atoms with Crippen molar-refractivity contribution in [1.82, 2.24) is 25.8 Å². The predicted molar refractivity (Wildman–Crippen MR) is 365 cm³/mol. The predicted octanol–water partition coefficient (Wildman–Crippen LogP) is 19.2. The maximum Gasteiger partial charge on any atom is 0.234 e. The second-order valence-corrected chi connectivity index (χ2v) is 25.6. The third kappa shape index (κ3) is 78.2. The molecule has 3 amide bonds. The van der Waals surface area contributed by atoms with Crippen LogP contribution in [0.15, 0.2) is 0 Å². The molecule has 0 radical (unpaired) electrons. The van der Waals surface area contributed by atoms with E-state index in [2.05, 4.69) is 36.7 Å². The molecule has 84 heavy (non-hydrogen) atoms. The second kappa shape index (κ2) is 75.5. The number of hydrogen-bond donors (Lipinski definition) is 3. The maximum atomic E-state index is 12.2. The summed E-state index contributed by atoms with van der Waals surface area (Å²) in [6.45, 7) is 14.3. The number of carbonyl (C=O) groups is 3. The lowest BCUT2D eigenvalue weighted by Gasteiger charge is -2.16. The monoisotopic (exact) mass is 1190 g/mol. The van der Waals surface area contributed by atoms with E-state index in [0.717, 1.165) is 58.5 Å². The Labute approximate surface area is 524 Å². The highest BCUT2D eigenvalue weighted by atomic mass is 16.5. The smallest absolute Gasteiger partial charge is 0.234 e. The molecule has 0 rings (SSSR count). The van der Waals surface area contributed by atoms with Crippen LogP contribution in [-0.4, -0.2) is 128 Å². The van der Waals surface area contributed by atoms with Gasteiger partial charge in [0.1, 0.15) is 0 Å². The van der Waals surface area contributed by atoms with Crippen molar-refractivity contribution in [3.05, 3.63) is 0 Å². The molecule has 0 heterocycles. The molecule has 0 aliphatic heterocycles. The van der Waals surface area contributed by atoms with Crippen LogP contribution < -0.4 is 16.0 Å². The van der Waals surface area contributed by atoms with Crippen LogP contribution in [0.3, 0.4) is 0 Å². The highest BCUT2D eigenvalue weighted by molar-refractivity contribution is 5.81. The van der Waals surface area contributed by atoms with Crippen molar-refractivity contribution in [3.8, 4) is 0 Å². The molecule has 0 bridgehead atoms. The Hall–Kier alpha value is -1.79. The standard InChI is InChI=1S/C47H95N3O4.C26H54N2O2/c1-4-6-8-10-12-14-16-18-20-22-24-26-28-30-32-34-40-53-42-36-38-48-46(51)44-50(3)45-47(52)49-39-37-43-54-41-35-33-31-29-27-25-23-21-19-17-15-13-11-9-7-5-2;1-4-5-6-7-8-9-10-11-12-13-14-15-16-17-18-19-20-23-30-24-21-22-27-26(29)25-28(2)3/h4-45H2,1-3H3,(H,48,51)(H,49,52);4-25H2,1-3H3,(H,27,29). The zero-order chi connectivity index (χ0) is 61.4. The van der Waals surface area contributed by atoms with Gasteiger partial charge in [-0.25, -0.2) is 0 Å². The minimum atomic E-state index is -0.0504. The summed E-state index contributed by atoms with van der Waals surface area (Å²) in [7, 11) is 5.62. The summed E-state index contributed by atoms with van der Waals surface area (Å²) in [6.07, 6.45) is 70.5. The fourth-order valence-electron chi connectivity index (χ4n) is 10.9. The van der Waals surface area contributed by atoms with Crippen molar-refractivity contribution < 1.29 is 28.6 Å². The molecule has 0 unspecified atom stereocenters. The lowest BCUT2D eigenvalue weighted by atomic mass is 10.0. The molecule has 0 aromatic rings. The minimum absolute atomic E-state index is 0.0504. The molecule has 0 fully saturated rings. The number of carbonyl (C=O) groups excluding carboxylic acids is 3. The fourth-order valence-corrected chi connectivity index (χ4v) is 10.9. The Morgan fingerprint density at radius 3 is 0.595 bits per heavy atom. The van der Waals surface area contributed by atoms with Crippen LogP contribution in [0.1, 0.15) is 355 Å². The molecule has 11 heteroatoms. The molecule has 0 aromatic heterocycles. The van der Waals surface area contributed by atoms with E-state index in [1.807, 2.05) is 19.0 Å². The SMILES string of the molecule is CCCCCCCCCCCCCCCCCCCOCCCNC(=O)CN(C)C.CCCCCCCCCCCCCCCCCCOCCCNC(=O)CN(C)CC(=O)NCCCOCCCCCCCCCCCCCCCCCC. The van der Waals surface area contributed by atoms with Crippen molar-refractivity contribution in [2.45, 2.75) is 355 Å². The summed E-state index contributed by atoms with van der Waals surface area (Å²) in [5.74, 6) is -0.00987. The molecule has 0 saturated heterocycles. The normalized spacial score (nSPS) is 11.4. The molecular weight excluding hydrogens is 1040 g/mol. The molecule has 0 aliphatic carbocycles. The molecular formula is C73H149N5O6. The number of rotatable bonds is 70. The van der Waals surface area contributed by atoms with Crippen LogP contribution in [0.5, 0.6) is 0 Å². The number of nitrogens with zero attached hydrogens (tertiary/aromatic N) is 2. The number of likely N-dealkylation sites (N-methyl/N-ethyl adjacent to an activating group) is 2. The van der Waals surface area contributed by atoms with E-state index >= 15 is 0 Å². The zero-order valence-corrected chi connectivity index (χ0v) is 57.6. The van der Waals surface area contributed by atoms with Gasteiger partial charge in [0.2, 0.25) is 17.7 Å². The Bertz CT molecular complexity index is 1220. The number of nitrogens with one attached hydrogen (secondary N) is 3. The van der Waals surface area contributed by atoms with Gasteiger partial charge >= 0.3 is 0 Å². The Kier molecular flexibility index (Phi) is 75.7. The maximum absolute atomic E-state index is 12.2. The van der Waals surface area contributed by atoms with E-state index in [1.54, 1.807) is 11.9 Å². The van der Waals surface area contributed by atoms with Crippen molar-refractivity contribution >= 4 is 17.7 Å². The van der Waals surface area contributed by atoms with Crippen LogP contribution in [0.25, 0.3) is 0 Å². The Morgan fingerprint density at radius 2 is 0.405 bits per heavy atom. The topological polar surface area (TPSA) is 121 Å². The van der Waals surface area contributed by atoms with Gasteiger partial charge in [-0.3, -0.25) is 19.3 Å². The van der Waals surface area contributed by atoms with E-state index in [4.69, 9.17) is 14.2 Å². The van der Waals surface area contributed by atoms with Gasteiger partial charge in [-0.05, 0) is 59.7 Å². The van der Waals surface area contributed by atoms with E-state index in [1.165, 1.54) is 302 Å². The average Bonchev–Trinajstić information content (AvgIpc) is 3.47. The summed E-state index contributed by atoms with van der Waals surface area (Å²) in [5.41, 5.74) is 0. The van der Waals surface area contributed by atoms with Crippen molar-refractivity contribution in [3.63, 3.8) is 0 Å². The molecule has 11 nitrogen and oxygen atoms in total. The number of amides is 3. The summed E-state index contributed by atoms with van der Waals surface area (Å²) in [5, 5.41) is 8.81. The first-order valence-corrected chi connectivity index (χ1v) is 37.1. The molecule has 502 valence electrons. The van der Waals surface area contributed by atoms with Gasteiger partial charge in [0.25, 0.3) is 0 Å². The van der Waals surface area contributed by atoms with Gasteiger partial charge in [0.05, 0.1) is 19.6 Å². The molecule has 0 aromatic carbocycles. The van der Waals surface area contributed by atoms with Gasteiger partial charge in [-0.1, -0.05) is 316 Å². The highest BCUT2D eigenvalue weighted by Gasteiger charge is 2.11. The molecule has 0 spiro atoms. The van der Waals surface area contributed by atoms with Gasteiger partial charge in [-0.2, -0.15) is 0 Å². The zero-order valence-electron chi connectivity index (χ0n) is 57.6. The number of hydrogen-bond acceptors (Lipinski definition) is 8. The highest BCUT2D eigenvalue weighted by Crippen LogP contribution is 2.17. The van der Waals surface area contributed by atoms with Crippen molar-refractivity contribution in [2.75, 3.05) is 100 Å². The van der Waals surface area contributed by atoms with Gasteiger partial charge < -0.3 is 35.1 Å². The first-order valence-electron chi connectivity index (χ1n) is 37.1. The van der Waals surface area contributed by atoms with Gasteiger partial charge in [0.15, 0.2) is 0 Å². The third-order valence-electron chi connectivity index (χ3n) is 16.3. The third-order valence-corrected chi connectivity index (χ3v) is 16.3. The molecule has 3 N–H and O–H groups in total. The first-order chi connectivity index (χ1) is 41.3. The van der Waals surface area contributed by atoms with Crippen LogP contribution >= 0.6 is 0 Å². The lowest BCUT2D eigenvalue weighted by molar-refractivity contribution is -0.125. The largest absolute Gasteiger partial charge is 0.381 e. The summed E-state index contributed by atoms with van der Waals surface area (Å²) in [4.78, 5) is 39.6. The summed E-state index contributed by atoms with van der Waals surface area (Å²) < 4.78 is 17.2. The Balaban J connectivity index is 0. The van der Waals surface area contributed by atoms with Crippen LogP contribution in [0.4, 0.5) is 0 Å².